The van der Waals surface area contributed by atoms with Gasteiger partial charge in [0.05, 0.1) is 0 Å². The highest BCUT2D eigenvalue weighted by atomic mass is 16.1. The van der Waals surface area contributed by atoms with E-state index in [1.165, 1.54) is 18.4 Å². The molecule has 1 heterocycles. The molecule has 0 aliphatic carbocycles. The van der Waals surface area contributed by atoms with Crippen molar-refractivity contribution in [2.75, 3.05) is 19.6 Å². The first-order valence-corrected chi connectivity index (χ1v) is 7.30. The third-order valence-electron chi connectivity index (χ3n) is 3.82. The second-order valence-corrected chi connectivity index (χ2v) is 5.38. The SMILES string of the molecule is C[C@H](CC(=O)NCCc1ccccc1)N1CCCC1. The molecule has 1 amide bonds. The Bertz CT molecular complexity index is 385. The topological polar surface area (TPSA) is 32.3 Å². The van der Waals surface area contributed by atoms with Gasteiger partial charge in [0.2, 0.25) is 5.91 Å². The van der Waals surface area contributed by atoms with Crippen LogP contribution in [0.4, 0.5) is 0 Å². The minimum Gasteiger partial charge on any atom is -0.356 e. The van der Waals surface area contributed by atoms with Crippen LogP contribution in [0.5, 0.6) is 0 Å². The predicted octanol–water partition coefficient (Wildman–Crippen LogP) is 2.22. The Morgan fingerprint density at radius 2 is 1.95 bits per heavy atom. The van der Waals surface area contributed by atoms with Gasteiger partial charge in [-0.1, -0.05) is 30.3 Å². The van der Waals surface area contributed by atoms with E-state index in [0.29, 0.717) is 12.5 Å². The van der Waals surface area contributed by atoms with Crippen molar-refractivity contribution in [2.45, 2.75) is 38.6 Å². The molecular weight excluding hydrogens is 236 g/mol. The van der Waals surface area contributed by atoms with Crippen molar-refractivity contribution in [3.63, 3.8) is 0 Å². The van der Waals surface area contributed by atoms with E-state index < -0.39 is 0 Å². The Morgan fingerprint density at radius 1 is 1.26 bits per heavy atom. The largest absolute Gasteiger partial charge is 0.356 e. The molecule has 3 heteroatoms. The summed E-state index contributed by atoms with van der Waals surface area (Å²) in [4.78, 5) is 14.3. The molecule has 2 rings (SSSR count). The second-order valence-electron chi connectivity index (χ2n) is 5.38. The van der Waals surface area contributed by atoms with Gasteiger partial charge in [-0.3, -0.25) is 4.79 Å². The molecule has 1 N–H and O–H groups in total. The Balaban J connectivity index is 1.64. The maximum absolute atomic E-state index is 11.9. The van der Waals surface area contributed by atoms with E-state index in [9.17, 15) is 4.79 Å². The lowest BCUT2D eigenvalue weighted by Crippen LogP contribution is -2.36. The maximum Gasteiger partial charge on any atom is 0.221 e. The number of likely N-dealkylation sites (tertiary alicyclic amines) is 1. The fourth-order valence-corrected chi connectivity index (χ4v) is 2.64. The maximum atomic E-state index is 11.9. The number of nitrogens with zero attached hydrogens (tertiary/aromatic N) is 1. The molecule has 1 atom stereocenters. The average molecular weight is 260 g/mol. The normalized spacial score (nSPS) is 17.3. The van der Waals surface area contributed by atoms with Crippen LogP contribution in [0.15, 0.2) is 30.3 Å². The van der Waals surface area contributed by atoms with Crippen molar-refractivity contribution in [3.05, 3.63) is 35.9 Å². The van der Waals surface area contributed by atoms with E-state index in [1.54, 1.807) is 0 Å². The standard InChI is InChI=1S/C16H24N2O/c1-14(18-11-5-6-12-18)13-16(19)17-10-9-15-7-3-2-4-8-15/h2-4,7-8,14H,5-6,9-13H2,1H3,(H,17,19)/t14-/m1/s1. The molecule has 0 radical (unpaired) electrons. The zero-order valence-electron chi connectivity index (χ0n) is 11.8. The number of carbonyl (C=O) groups is 1. The van der Waals surface area contributed by atoms with E-state index in [2.05, 4.69) is 29.3 Å². The molecule has 1 fully saturated rings. The number of carbonyl (C=O) groups excluding carboxylic acids is 1. The van der Waals surface area contributed by atoms with Crippen LogP contribution in [0.25, 0.3) is 0 Å². The summed E-state index contributed by atoms with van der Waals surface area (Å²) in [6.07, 6.45) is 4.08. The quantitative estimate of drug-likeness (QED) is 0.850. The van der Waals surface area contributed by atoms with Crippen molar-refractivity contribution < 1.29 is 4.79 Å². The van der Waals surface area contributed by atoms with Gasteiger partial charge >= 0.3 is 0 Å². The van der Waals surface area contributed by atoms with Crippen LogP contribution in [0.1, 0.15) is 31.7 Å². The summed E-state index contributed by atoms with van der Waals surface area (Å²) in [7, 11) is 0. The Morgan fingerprint density at radius 3 is 2.63 bits per heavy atom. The van der Waals surface area contributed by atoms with E-state index in [0.717, 1.165) is 26.1 Å². The van der Waals surface area contributed by atoms with Crippen LogP contribution in [0.3, 0.4) is 0 Å². The van der Waals surface area contributed by atoms with Crippen LogP contribution >= 0.6 is 0 Å². The van der Waals surface area contributed by atoms with E-state index in [4.69, 9.17) is 0 Å². The van der Waals surface area contributed by atoms with Gasteiger partial charge in [0.25, 0.3) is 0 Å². The average Bonchev–Trinajstić information content (AvgIpc) is 2.94. The van der Waals surface area contributed by atoms with Crippen molar-refractivity contribution in [1.29, 1.82) is 0 Å². The highest BCUT2D eigenvalue weighted by Crippen LogP contribution is 2.13. The van der Waals surface area contributed by atoms with Crippen LogP contribution in [-0.2, 0) is 11.2 Å². The van der Waals surface area contributed by atoms with Gasteiger partial charge in [0.15, 0.2) is 0 Å². The van der Waals surface area contributed by atoms with Crippen molar-refractivity contribution in [2.24, 2.45) is 0 Å². The highest BCUT2D eigenvalue weighted by molar-refractivity contribution is 5.76. The first kappa shape index (κ1) is 14.1. The molecule has 1 aromatic rings. The summed E-state index contributed by atoms with van der Waals surface area (Å²) in [5.41, 5.74) is 1.27. The molecule has 0 bridgehead atoms. The highest BCUT2D eigenvalue weighted by Gasteiger charge is 2.19. The molecule has 0 aromatic heterocycles. The molecular formula is C16H24N2O. The molecule has 0 spiro atoms. The second kappa shape index (κ2) is 7.29. The van der Waals surface area contributed by atoms with Crippen LogP contribution in [0, 0.1) is 0 Å². The molecule has 1 aliphatic rings. The van der Waals surface area contributed by atoms with Gasteiger partial charge in [-0.2, -0.15) is 0 Å². The predicted molar refractivity (Wildman–Crippen MR) is 78.0 cm³/mol. The summed E-state index contributed by atoms with van der Waals surface area (Å²) < 4.78 is 0. The molecule has 0 saturated carbocycles. The summed E-state index contributed by atoms with van der Waals surface area (Å²) in [5.74, 6) is 0.176. The lowest BCUT2D eigenvalue weighted by Gasteiger charge is -2.23. The number of benzene rings is 1. The lowest BCUT2D eigenvalue weighted by atomic mass is 10.1. The van der Waals surface area contributed by atoms with Gasteiger partial charge < -0.3 is 10.2 Å². The van der Waals surface area contributed by atoms with E-state index in [-0.39, 0.29) is 5.91 Å². The summed E-state index contributed by atoms with van der Waals surface area (Å²) in [6.45, 7) is 5.19. The van der Waals surface area contributed by atoms with Gasteiger partial charge in [-0.15, -0.1) is 0 Å². The van der Waals surface area contributed by atoms with E-state index >= 15 is 0 Å². The van der Waals surface area contributed by atoms with Crippen LogP contribution < -0.4 is 5.32 Å². The molecule has 1 saturated heterocycles. The number of hydrogen-bond donors (Lipinski definition) is 1. The van der Waals surface area contributed by atoms with Gasteiger partial charge in [0.1, 0.15) is 0 Å². The first-order chi connectivity index (χ1) is 9.25. The molecule has 19 heavy (non-hydrogen) atoms. The summed E-state index contributed by atoms with van der Waals surface area (Å²) >= 11 is 0. The third kappa shape index (κ3) is 4.67. The molecule has 104 valence electrons. The fourth-order valence-electron chi connectivity index (χ4n) is 2.64. The first-order valence-electron chi connectivity index (χ1n) is 7.30. The third-order valence-corrected chi connectivity index (χ3v) is 3.82. The number of hydrogen-bond acceptors (Lipinski definition) is 2. The Hall–Kier alpha value is -1.35. The van der Waals surface area contributed by atoms with Gasteiger partial charge in [0, 0.05) is 19.0 Å². The van der Waals surface area contributed by atoms with Crippen molar-refractivity contribution in [1.82, 2.24) is 10.2 Å². The Labute approximate surface area is 116 Å². The molecule has 0 unspecified atom stereocenters. The van der Waals surface area contributed by atoms with Crippen molar-refractivity contribution in [3.8, 4) is 0 Å². The minimum atomic E-state index is 0.176. The van der Waals surface area contributed by atoms with Gasteiger partial charge in [-0.25, -0.2) is 0 Å². The number of rotatable bonds is 6. The zero-order chi connectivity index (χ0) is 13.5. The summed E-state index contributed by atoms with van der Waals surface area (Å²) in [6, 6.07) is 10.6. The van der Waals surface area contributed by atoms with Crippen LogP contribution in [0.2, 0.25) is 0 Å². The van der Waals surface area contributed by atoms with Crippen LogP contribution in [-0.4, -0.2) is 36.5 Å². The lowest BCUT2D eigenvalue weighted by molar-refractivity contribution is -0.122. The number of amides is 1. The van der Waals surface area contributed by atoms with Crippen molar-refractivity contribution >= 4 is 5.91 Å². The monoisotopic (exact) mass is 260 g/mol. The van der Waals surface area contributed by atoms with E-state index in [1.807, 2.05) is 18.2 Å². The Kier molecular flexibility index (Phi) is 5.40. The summed E-state index contributed by atoms with van der Waals surface area (Å²) in [5, 5.41) is 3.02. The smallest absolute Gasteiger partial charge is 0.221 e. The minimum absolute atomic E-state index is 0.176. The molecule has 3 nitrogen and oxygen atoms in total. The molecule has 1 aliphatic heterocycles. The van der Waals surface area contributed by atoms with Gasteiger partial charge in [-0.05, 0) is 44.8 Å². The number of nitrogens with one attached hydrogen (secondary N) is 1. The zero-order valence-corrected chi connectivity index (χ0v) is 11.8. The fraction of sp³-hybridized carbons (Fsp3) is 0.562. The molecule has 1 aromatic carbocycles.